The Morgan fingerprint density at radius 1 is 1.44 bits per heavy atom. The predicted molar refractivity (Wildman–Crippen MR) is 63.1 cm³/mol. The average Bonchev–Trinajstić information content (AvgIpc) is 2.95. The number of carbonyl (C=O) groups excluding carboxylic acids is 1. The molecule has 84 valence electrons. The van der Waals surface area contributed by atoms with Gasteiger partial charge in [-0.3, -0.25) is 4.79 Å². The van der Waals surface area contributed by atoms with Crippen LogP contribution in [0.2, 0.25) is 5.02 Å². The topological polar surface area (TPSA) is 81.5 Å². The molecule has 0 saturated heterocycles. The quantitative estimate of drug-likeness (QED) is 0.600. The van der Waals surface area contributed by atoms with Gasteiger partial charge in [-0.25, -0.2) is 0 Å². The highest BCUT2D eigenvalue weighted by molar-refractivity contribution is 6.30. The van der Waals surface area contributed by atoms with Crippen molar-refractivity contribution < 1.29 is 4.79 Å². The number of halogens is 1. The van der Waals surface area contributed by atoms with Crippen molar-refractivity contribution in [3.63, 3.8) is 0 Å². The Hall–Kier alpha value is -1.55. The fourth-order valence-electron chi connectivity index (χ4n) is 1.78. The van der Waals surface area contributed by atoms with E-state index in [-0.39, 0.29) is 23.7 Å². The van der Waals surface area contributed by atoms with Gasteiger partial charge in [-0.2, -0.15) is 4.99 Å². The van der Waals surface area contributed by atoms with Gasteiger partial charge in [0.15, 0.2) is 5.96 Å². The third kappa shape index (κ3) is 2.33. The number of aliphatic imine (C=N–C) groups is 1. The van der Waals surface area contributed by atoms with Gasteiger partial charge in [0.1, 0.15) is 0 Å². The third-order valence-corrected chi connectivity index (χ3v) is 2.86. The summed E-state index contributed by atoms with van der Waals surface area (Å²) in [6.45, 7) is 0. The van der Waals surface area contributed by atoms with Crippen LogP contribution >= 0.6 is 11.6 Å². The molecular weight excluding hydrogens is 226 g/mol. The molecule has 0 aliphatic heterocycles. The number of hydrogen-bond acceptors (Lipinski definition) is 1. The van der Waals surface area contributed by atoms with Crippen molar-refractivity contribution >= 4 is 23.5 Å². The minimum Gasteiger partial charge on any atom is -0.370 e. The molecule has 16 heavy (non-hydrogen) atoms. The second-order valence-corrected chi connectivity index (χ2v) is 4.32. The summed E-state index contributed by atoms with van der Waals surface area (Å²) < 4.78 is 0. The standard InChI is InChI=1S/C11H12ClN3O/c12-7-3-1-2-6(4-7)8-5-9(8)10(16)15-11(13)14/h1-4,8-9H,5H2,(H4,13,14,15,16)/t8-,9+/m0/s1. The summed E-state index contributed by atoms with van der Waals surface area (Å²) in [7, 11) is 0. The Bertz CT molecular complexity index is 454. The molecule has 2 rings (SSSR count). The lowest BCUT2D eigenvalue weighted by Crippen LogP contribution is -2.24. The van der Waals surface area contributed by atoms with E-state index in [0.29, 0.717) is 5.02 Å². The fraction of sp³-hybridized carbons (Fsp3) is 0.273. The van der Waals surface area contributed by atoms with Crippen molar-refractivity contribution in [2.45, 2.75) is 12.3 Å². The van der Waals surface area contributed by atoms with Gasteiger partial charge in [0, 0.05) is 10.9 Å². The molecule has 1 aliphatic rings. The van der Waals surface area contributed by atoms with E-state index in [9.17, 15) is 4.79 Å². The van der Waals surface area contributed by atoms with Gasteiger partial charge < -0.3 is 11.5 Å². The monoisotopic (exact) mass is 237 g/mol. The van der Waals surface area contributed by atoms with Crippen LogP contribution in [0.3, 0.4) is 0 Å². The molecule has 0 aromatic heterocycles. The number of hydrogen-bond donors (Lipinski definition) is 2. The van der Waals surface area contributed by atoms with Gasteiger partial charge in [-0.1, -0.05) is 23.7 Å². The number of amides is 1. The van der Waals surface area contributed by atoms with Gasteiger partial charge in [0.05, 0.1) is 0 Å². The molecule has 1 aliphatic carbocycles. The van der Waals surface area contributed by atoms with E-state index in [1.54, 1.807) is 6.07 Å². The van der Waals surface area contributed by atoms with Crippen LogP contribution in [0.4, 0.5) is 0 Å². The zero-order chi connectivity index (χ0) is 11.7. The van der Waals surface area contributed by atoms with E-state index in [0.717, 1.165) is 12.0 Å². The molecule has 0 heterocycles. The fourth-order valence-corrected chi connectivity index (χ4v) is 1.98. The van der Waals surface area contributed by atoms with Crippen LogP contribution in [0, 0.1) is 5.92 Å². The Labute approximate surface area is 98.3 Å². The first kappa shape index (κ1) is 11.0. The molecule has 5 heteroatoms. The molecule has 4 N–H and O–H groups in total. The molecular formula is C11H12ClN3O. The zero-order valence-corrected chi connectivity index (χ0v) is 9.32. The molecule has 1 fully saturated rings. The summed E-state index contributed by atoms with van der Waals surface area (Å²) in [5, 5.41) is 0.678. The predicted octanol–water partition coefficient (Wildman–Crippen LogP) is 1.24. The highest BCUT2D eigenvalue weighted by Crippen LogP contribution is 2.48. The third-order valence-electron chi connectivity index (χ3n) is 2.62. The first-order chi connectivity index (χ1) is 7.58. The highest BCUT2D eigenvalue weighted by Gasteiger charge is 2.44. The number of rotatable bonds is 2. The Morgan fingerprint density at radius 3 is 2.81 bits per heavy atom. The van der Waals surface area contributed by atoms with Crippen molar-refractivity contribution in [2.75, 3.05) is 0 Å². The van der Waals surface area contributed by atoms with Gasteiger partial charge in [-0.05, 0) is 30.0 Å². The maximum absolute atomic E-state index is 11.5. The molecule has 1 amide bonds. The first-order valence-electron chi connectivity index (χ1n) is 4.97. The zero-order valence-electron chi connectivity index (χ0n) is 8.56. The summed E-state index contributed by atoms with van der Waals surface area (Å²) in [6.07, 6.45) is 0.788. The molecule has 0 unspecified atom stereocenters. The van der Waals surface area contributed by atoms with Crippen molar-refractivity contribution in [1.29, 1.82) is 0 Å². The summed E-state index contributed by atoms with van der Waals surface area (Å²) in [4.78, 5) is 15.0. The van der Waals surface area contributed by atoms with E-state index in [1.165, 1.54) is 0 Å². The van der Waals surface area contributed by atoms with Crippen LogP contribution in [-0.2, 0) is 4.79 Å². The number of nitrogens with zero attached hydrogens (tertiary/aromatic N) is 1. The van der Waals surface area contributed by atoms with E-state index < -0.39 is 0 Å². The van der Waals surface area contributed by atoms with Crippen molar-refractivity contribution in [2.24, 2.45) is 22.4 Å². The van der Waals surface area contributed by atoms with Crippen LogP contribution < -0.4 is 11.5 Å². The maximum atomic E-state index is 11.5. The SMILES string of the molecule is NC(N)=NC(=O)[C@@H]1C[C@H]1c1cccc(Cl)c1. The second-order valence-electron chi connectivity index (χ2n) is 3.88. The van der Waals surface area contributed by atoms with E-state index >= 15 is 0 Å². The lowest BCUT2D eigenvalue weighted by molar-refractivity contribution is -0.119. The smallest absolute Gasteiger partial charge is 0.252 e. The molecule has 0 spiro atoms. The summed E-state index contributed by atoms with van der Waals surface area (Å²) in [5.41, 5.74) is 11.4. The molecule has 1 saturated carbocycles. The second kappa shape index (κ2) is 4.14. The number of carbonyl (C=O) groups is 1. The van der Waals surface area contributed by atoms with Gasteiger partial charge >= 0.3 is 0 Å². The van der Waals surface area contributed by atoms with Crippen LogP contribution in [0.15, 0.2) is 29.3 Å². The average molecular weight is 238 g/mol. The minimum atomic E-state index is -0.245. The van der Waals surface area contributed by atoms with Crippen LogP contribution in [0.25, 0.3) is 0 Å². The maximum Gasteiger partial charge on any atom is 0.252 e. The number of benzene rings is 1. The molecule has 2 atom stereocenters. The molecule has 4 nitrogen and oxygen atoms in total. The van der Waals surface area contributed by atoms with Crippen LogP contribution in [-0.4, -0.2) is 11.9 Å². The lowest BCUT2D eigenvalue weighted by Gasteiger charge is -1.99. The first-order valence-corrected chi connectivity index (χ1v) is 5.34. The van der Waals surface area contributed by atoms with Crippen molar-refractivity contribution in [1.82, 2.24) is 0 Å². The van der Waals surface area contributed by atoms with Gasteiger partial charge in [-0.15, -0.1) is 0 Å². The Balaban J connectivity index is 2.07. The minimum absolute atomic E-state index is 0.0967. The van der Waals surface area contributed by atoms with Crippen molar-refractivity contribution in [3.8, 4) is 0 Å². The van der Waals surface area contributed by atoms with E-state index in [1.807, 2.05) is 18.2 Å². The number of guanidine groups is 1. The van der Waals surface area contributed by atoms with E-state index in [4.69, 9.17) is 23.1 Å². The summed E-state index contributed by atoms with van der Waals surface area (Å²) >= 11 is 5.88. The molecule has 1 aromatic rings. The largest absolute Gasteiger partial charge is 0.370 e. The summed E-state index contributed by atoms with van der Waals surface area (Å²) in [6, 6.07) is 7.51. The highest BCUT2D eigenvalue weighted by atomic mass is 35.5. The molecule has 1 aromatic carbocycles. The lowest BCUT2D eigenvalue weighted by atomic mass is 10.1. The molecule has 0 radical (unpaired) electrons. The summed E-state index contributed by atoms with van der Waals surface area (Å²) in [5.74, 6) is -0.318. The van der Waals surface area contributed by atoms with E-state index in [2.05, 4.69) is 4.99 Å². The Morgan fingerprint density at radius 2 is 2.19 bits per heavy atom. The van der Waals surface area contributed by atoms with Crippen LogP contribution in [0.5, 0.6) is 0 Å². The normalized spacial score (nSPS) is 22.6. The van der Waals surface area contributed by atoms with Gasteiger partial charge in [0.2, 0.25) is 0 Å². The van der Waals surface area contributed by atoms with Gasteiger partial charge in [0.25, 0.3) is 5.91 Å². The Kier molecular flexibility index (Phi) is 2.83. The van der Waals surface area contributed by atoms with Crippen molar-refractivity contribution in [3.05, 3.63) is 34.9 Å². The van der Waals surface area contributed by atoms with Crippen LogP contribution in [0.1, 0.15) is 17.9 Å². The molecule has 0 bridgehead atoms. The number of nitrogens with two attached hydrogens (primary N) is 2.